The van der Waals surface area contributed by atoms with Gasteiger partial charge in [0.05, 0.1) is 19.9 Å². The first-order chi connectivity index (χ1) is 14.2. The fourth-order valence-corrected chi connectivity index (χ4v) is 3.60. The second-order valence-electron chi connectivity index (χ2n) is 5.91. The standard InChI is InChI=1S/C21H22N4O3S/c1-4-12-25-18(17-11-10-16(27-2)13-19(17)28-3)14-29-21(25)24-23-20(26)22-15-8-6-5-7-9-15/h4-11,13-14H,1,12H2,2-3H3,(H2,22,23,26)/b24-21+. The summed E-state index contributed by atoms with van der Waals surface area (Å²) >= 11 is 1.41. The lowest BCUT2D eigenvalue weighted by Gasteiger charge is -2.12. The highest BCUT2D eigenvalue weighted by Crippen LogP contribution is 2.33. The third kappa shape index (κ3) is 4.85. The number of para-hydroxylation sites is 1. The van der Waals surface area contributed by atoms with E-state index in [1.54, 1.807) is 32.4 Å². The summed E-state index contributed by atoms with van der Waals surface area (Å²) < 4.78 is 12.7. The molecule has 3 aromatic rings. The number of ether oxygens (including phenoxy) is 2. The molecule has 2 N–H and O–H groups in total. The zero-order valence-electron chi connectivity index (χ0n) is 16.2. The smallest absolute Gasteiger partial charge is 0.339 e. The van der Waals surface area contributed by atoms with Gasteiger partial charge in [0.15, 0.2) is 0 Å². The summed E-state index contributed by atoms with van der Waals surface area (Å²) in [6.45, 7) is 4.35. The molecule has 2 aromatic carbocycles. The maximum absolute atomic E-state index is 12.1. The maximum atomic E-state index is 12.1. The second kappa shape index (κ2) is 9.61. The minimum absolute atomic E-state index is 0.418. The largest absolute Gasteiger partial charge is 0.497 e. The zero-order valence-corrected chi connectivity index (χ0v) is 17.0. The summed E-state index contributed by atoms with van der Waals surface area (Å²) in [4.78, 5) is 12.8. The number of carbonyl (C=O) groups excluding carboxylic acids is 1. The molecule has 0 spiro atoms. The molecular formula is C21H22N4O3S. The number of rotatable bonds is 7. The average molecular weight is 410 g/mol. The predicted molar refractivity (Wildman–Crippen MR) is 115 cm³/mol. The van der Waals surface area contributed by atoms with E-state index in [4.69, 9.17) is 9.47 Å². The molecule has 2 amide bonds. The summed E-state index contributed by atoms with van der Waals surface area (Å²) in [5, 5.41) is 8.95. The number of hydrogen-bond donors (Lipinski definition) is 2. The first-order valence-electron chi connectivity index (χ1n) is 8.83. The molecule has 0 aliphatic rings. The van der Waals surface area contributed by atoms with Crippen LogP contribution in [0, 0.1) is 0 Å². The minimum atomic E-state index is -0.418. The van der Waals surface area contributed by atoms with Gasteiger partial charge in [-0.2, -0.15) is 0 Å². The fraction of sp³-hybridized carbons (Fsp3) is 0.143. The van der Waals surface area contributed by atoms with Crippen molar-refractivity contribution in [1.29, 1.82) is 0 Å². The number of methoxy groups -OCH3 is 2. The summed E-state index contributed by atoms with van der Waals surface area (Å²) in [5.41, 5.74) is 5.02. The van der Waals surface area contributed by atoms with Crippen LogP contribution in [0.15, 0.2) is 71.7 Å². The molecule has 0 aliphatic carbocycles. The number of urea groups is 1. The van der Waals surface area contributed by atoms with E-state index in [-0.39, 0.29) is 0 Å². The van der Waals surface area contributed by atoms with Crippen LogP contribution in [0.5, 0.6) is 11.5 Å². The molecule has 29 heavy (non-hydrogen) atoms. The van der Waals surface area contributed by atoms with E-state index in [9.17, 15) is 4.79 Å². The van der Waals surface area contributed by atoms with Gasteiger partial charge in [-0.3, -0.25) is 0 Å². The lowest BCUT2D eigenvalue weighted by molar-refractivity contribution is 0.252. The van der Waals surface area contributed by atoms with Crippen LogP contribution in [-0.2, 0) is 6.54 Å². The molecular weight excluding hydrogens is 388 g/mol. The minimum Gasteiger partial charge on any atom is -0.497 e. The summed E-state index contributed by atoms with van der Waals surface area (Å²) in [5.74, 6) is 1.39. The molecule has 0 radical (unpaired) electrons. The van der Waals surface area contributed by atoms with Gasteiger partial charge >= 0.3 is 6.03 Å². The van der Waals surface area contributed by atoms with Gasteiger partial charge in [-0.15, -0.1) is 23.0 Å². The van der Waals surface area contributed by atoms with Crippen molar-refractivity contribution in [3.63, 3.8) is 0 Å². The number of aromatic nitrogens is 1. The summed E-state index contributed by atoms with van der Waals surface area (Å²) in [6, 6.07) is 14.4. The molecule has 0 unspecified atom stereocenters. The van der Waals surface area contributed by atoms with Crippen molar-refractivity contribution in [3.8, 4) is 22.8 Å². The first-order valence-corrected chi connectivity index (χ1v) is 9.71. The van der Waals surface area contributed by atoms with E-state index < -0.39 is 6.03 Å². The van der Waals surface area contributed by atoms with Crippen LogP contribution in [0.2, 0.25) is 0 Å². The number of nitrogens with zero attached hydrogens (tertiary/aromatic N) is 2. The number of carbonyl (C=O) groups is 1. The molecule has 8 heteroatoms. The molecule has 0 atom stereocenters. The topological polar surface area (TPSA) is 76.9 Å². The van der Waals surface area contributed by atoms with Crippen molar-refractivity contribution < 1.29 is 14.3 Å². The van der Waals surface area contributed by atoms with Crippen LogP contribution < -0.4 is 25.0 Å². The normalized spacial score (nSPS) is 11.0. The molecule has 0 aliphatic heterocycles. The van der Waals surface area contributed by atoms with Gasteiger partial charge in [0.1, 0.15) is 11.5 Å². The van der Waals surface area contributed by atoms with Crippen molar-refractivity contribution in [3.05, 3.63) is 71.4 Å². The lowest BCUT2D eigenvalue weighted by atomic mass is 10.1. The number of thiazole rings is 1. The van der Waals surface area contributed by atoms with E-state index in [1.165, 1.54) is 11.3 Å². The van der Waals surface area contributed by atoms with E-state index >= 15 is 0 Å². The average Bonchev–Trinajstić information content (AvgIpc) is 3.15. The highest BCUT2D eigenvalue weighted by molar-refractivity contribution is 7.07. The van der Waals surface area contributed by atoms with Gasteiger partial charge in [-0.05, 0) is 24.3 Å². The quantitative estimate of drug-likeness (QED) is 0.456. The van der Waals surface area contributed by atoms with Gasteiger partial charge in [-0.1, -0.05) is 24.3 Å². The van der Waals surface area contributed by atoms with Gasteiger partial charge in [0, 0.05) is 29.2 Å². The Balaban J connectivity index is 1.90. The van der Waals surface area contributed by atoms with E-state index in [0.717, 1.165) is 11.3 Å². The number of benzene rings is 2. The number of nitrogens with one attached hydrogen (secondary N) is 2. The SMILES string of the molecule is C=CCn1c(-c2ccc(OC)cc2OC)cs/c1=N/NC(=O)Nc1ccccc1. The Morgan fingerprint density at radius 3 is 2.69 bits per heavy atom. The van der Waals surface area contributed by atoms with Crippen molar-refractivity contribution in [2.45, 2.75) is 6.54 Å². The van der Waals surface area contributed by atoms with Crippen LogP contribution in [0.25, 0.3) is 11.3 Å². The van der Waals surface area contributed by atoms with Gasteiger partial charge < -0.3 is 19.4 Å². The van der Waals surface area contributed by atoms with Crippen LogP contribution >= 0.6 is 11.3 Å². The number of amides is 2. The fourth-order valence-electron chi connectivity index (χ4n) is 2.73. The van der Waals surface area contributed by atoms with E-state index in [2.05, 4.69) is 22.4 Å². The van der Waals surface area contributed by atoms with Crippen molar-refractivity contribution >= 4 is 23.1 Å². The Morgan fingerprint density at radius 2 is 2.00 bits per heavy atom. The van der Waals surface area contributed by atoms with Crippen LogP contribution in [0.3, 0.4) is 0 Å². The Morgan fingerprint density at radius 1 is 1.21 bits per heavy atom. The maximum Gasteiger partial charge on any atom is 0.339 e. The van der Waals surface area contributed by atoms with Crippen molar-refractivity contribution in [2.75, 3.05) is 19.5 Å². The zero-order chi connectivity index (χ0) is 20.6. The highest BCUT2D eigenvalue weighted by atomic mass is 32.1. The van der Waals surface area contributed by atoms with Crippen LogP contribution in [0.4, 0.5) is 10.5 Å². The van der Waals surface area contributed by atoms with Crippen LogP contribution in [-0.4, -0.2) is 24.8 Å². The monoisotopic (exact) mass is 410 g/mol. The number of hydrogen-bond acceptors (Lipinski definition) is 5. The molecule has 0 saturated heterocycles. The summed E-state index contributed by atoms with van der Waals surface area (Å²) in [7, 11) is 3.23. The number of allylic oxidation sites excluding steroid dienone is 1. The Bertz CT molecular complexity index is 1060. The van der Waals surface area contributed by atoms with Crippen molar-refractivity contribution in [1.82, 2.24) is 9.99 Å². The summed E-state index contributed by atoms with van der Waals surface area (Å²) in [6.07, 6.45) is 1.77. The Hall–Kier alpha value is -3.52. The molecule has 0 saturated carbocycles. The molecule has 1 aromatic heterocycles. The van der Waals surface area contributed by atoms with Crippen LogP contribution in [0.1, 0.15) is 0 Å². The van der Waals surface area contributed by atoms with Gasteiger partial charge in [0.2, 0.25) is 4.80 Å². The molecule has 7 nitrogen and oxygen atoms in total. The second-order valence-corrected chi connectivity index (χ2v) is 6.75. The molecule has 0 fully saturated rings. The van der Waals surface area contributed by atoms with E-state index in [1.807, 2.05) is 46.3 Å². The number of anilines is 1. The van der Waals surface area contributed by atoms with Gasteiger partial charge in [-0.25, -0.2) is 10.2 Å². The third-order valence-corrected chi connectivity index (χ3v) is 4.94. The lowest BCUT2D eigenvalue weighted by Crippen LogP contribution is -2.28. The van der Waals surface area contributed by atoms with Gasteiger partial charge in [0.25, 0.3) is 0 Å². The molecule has 1 heterocycles. The first kappa shape index (κ1) is 20.2. The predicted octanol–water partition coefficient (Wildman–Crippen LogP) is 4.06. The molecule has 3 rings (SSSR count). The van der Waals surface area contributed by atoms with Crippen molar-refractivity contribution in [2.24, 2.45) is 5.10 Å². The highest BCUT2D eigenvalue weighted by Gasteiger charge is 2.13. The Labute approximate surface area is 172 Å². The Kier molecular flexibility index (Phi) is 6.70. The van der Waals surface area contributed by atoms with E-state index in [0.29, 0.717) is 28.5 Å². The molecule has 150 valence electrons. The molecule has 0 bridgehead atoms. The third-order valence-electron chi connectivity index (χ3n) is 4.08.